The van der Waals surface area contributed by atoms with Gasteiger partial charge in [-0.3, -0.25) is 4.98 Å². The van der Waals surface area contributed by atoms with E-state index in [-0.39, 0.29) is 0 Å². The van der Waals surface area contributed by atoms with Crippen molar-refractivity contribution in [1.29, 1.82) is 5.26 Å². The predicted octanol–water partition coefficient (Wildman–Crippen LogP) is 2.61. The fourth-order valence-corrected chi connectivity index (χ4v) is 2.32. The molecule has 86 valence electrons. The Morgan fingerprint density at radius 1 is 1.35 bits per heavy atom. The van der Waals surface area contributed by atoms with Crippen LogP contribution < -0.4 is 5.32 Å². The van der Waals surface area contributed by atoms with Crippen LogP contribution in [-0.2, 0) is 13.1 Å². The summed E-state index contributed by atoms with van der Waals surface area (Å²) in [7, 11) is 0. The molecule has 0 bridgehead atoms. The number of nitrogens with one attached hydrogen (secondary N) is 1. The molecule has 0 saturated carbocycles. The van der Waals surface area contributed by atoms with Gasteiger partial charge in [0.2, 0.25) is 0 Å². The van der Waals surface area contributed by atoms with Crippen LogP contribution >= 0.6 is 11.3 Å². The van der Waals surface area contributed by atoms with Crippen LogP contribution in [0.25, 0.3) is 0 Å². The first kappa shape index (κ1) is 11.8. The molecule has 0 spiro atoms. The summed E-state index contributed by atoms with van der Waals surface area (Å²) in [5, 5.41) is 12.1. The average Bonchev–Trinajstić information content (AvgIpc) is 2.80. The zero-order valence-corrected chi connectivity index (χ0v) is 10.4. The van der Waals surface area contributed by atoms with Gasteiger partial charge < -0.3 is 5.32 Å². The van der Waals surface area contributed by atoms with Crippen LogP contribution in [0, 0.1) is 18.3 Å². The molecule has 2 heterocycles. The average molecular weight is 243 g/mol. The molecule has 2 rings (SSSR count). The quantitative estimate of drug-likeness (QED) is 0.898. The highest BCUT2D eigenvalue weighted by atomic mass is 32.1. The van der Waals surface area contributed by atoms with Gasteiger partial charge in [0.25, 0.3) is 0 Å². The van der Waals surface area contributed by atoms with Gasteiger partial charge >= 0.3 is 0 Å². The number of pyridine rings is 1. The van der Waals surface area contributed by atoms with Crippen molar-refractivity contribution in [1.82, 2.24) is 10.3 Å². The minimum absolute atomic E-state index is 0.756. The number of rotatable bonds is 4. The third-order valence-electron chi connectivity index (χ3n) is 2.48. The maximum atomic E-state index is 8.72. The first-order valence-electron chi connectivity index (χ1n) is 5.39. The summed E-state index contributed by atoms with van der Waals surface area (Å²) < 4.78 is 0. The Balaban J connectivity index is 1.88. The van der Waals surface area contributed by atoms with Gasteiger partial charge in [-0.15, -0.1) is 11.3 Å². The fraction of sp³-hybridized carbons (Fsp3) is 0.231. The Labute approximate surface area is 105 Å². The summed E-state index contributed by atoms with van der Waals surface area (Å²) in [5.74, 6) is 0. The van der Waals surface area contributed by atoms with Gasteiger partial charge in [-0.05, 0) is 30.7 Å². The summed E-state index contributed by atoms with van der Waals surface area (Å²) in [4.78, 5) is 6.26. The molecule has 0 saturated heterocycles. The van der Waals surface area contributed by atoms with E-state index in [0.717, 1.165) is 23.7 Å². The molecule has 0 radical (unpaired) electrons. The van der Waals surface area contributed by atoms with E-state index in [1.54, 1.807) is 0 Å². The van der Waals surface area contributed by atoms with Crippen molar-refractivity contribution in [3.8, 4) is 6.07 Å². The molecular weight excluding hydrogens is 230 g/mol. The lowest BCUT2D eigenvalue weighted by Gasteiger charge is -2.05. The highest BCUT2D eigenvalue weighted by Crippen LogP contribution is 2.15. The van der Waals surface area contributed by atoms with E-state index >= 15 is 0 Å². The number of nitrogens with zero attached hydrogens (tertiary/aromatic N) is 2. The van der Waals surface area contributed by atoms with E-state index in [9.17, 15) is 0 Å². The Morgan fingerprint density at radius 3 is 2.94 bits per heavy atom. The van der Waals surface area contributed by atoms with Crippen LogP contribution in [0.4, 0.5) is 0 Å². The number of hydrogen-bond acceptors (Lipinski definition) is 4. The zero-order valence-electron chi connectivity index (χ0n) is 9.60. The fourth-order valence-electron chi connectivity index (χ4n) is 1.54. The van der Waals surface area contributed by atoms with E-state index in [4.69, 9.17) is 5.26 Å². The van der Waals surface area contributed by atoms with Gasteiger partial charge in [0.05, 0.1) is 5.69 Å². The van der Waals surface area contributed by atoms with Gasteiger partial charge in [-0.1, -0.05) is 6.07 Å². The van der Waals surface area contributed by atoms with Crippen molar-refractivity contribution in [3.63, 3.8) is 0 Å². The van der Waals surface area contributed by atoms with E-state index in [0.29, 0.717) is 0 Å². The van der Waals surface area contributed by atoms with Crippen LogP contribution in [0.5, 0.6) is 0 Å². The lowest BCUT2D eigenvalue weighted by Crippen LogP contribution is -2.13. The second-order valence-electron chi connectivity index (χ2n) is 3.75. The molecule has 2 aromatic heterocycles. The van der Waals surface area contributed by atoms with Crippen LogP contribution in [-0.4, -0.2) is 4.98 Å². The molecule has 0 aromatic carbocycles. The third-order valence-corrected chi connectivity index (χ3v) is 3.47. The molecule has 4 heteroatoms. The highest BCUT2D eigenvalue weighted by molar-refractivity contribution is 7.12. The van der Waals surface area contributed by atoms with Gasteiger partial charge in [0.1, 0.15) is 10.9 Å². The lowest BCUT2D eigenvalue weighted by molar-refractivity contribution is 0.683. The molecule has 0 aliphatic rings. The minimum atomic E-state index is 0.756. The minimum Gasteiger partial charge on any atom is -0.306 e. The molecular formula is C13H13N3S. The smallest absolute Gasteiger partial charge is 0.110 e. The molecule has 0 atom stereocenters. The molecule has 0 aliphatic carbocycles. The molecule has 0 unspecified atom stereocenters. The molecule has 3 nitrogen and oxygen atoms in total. The first-order chi connectivity index (χ1) is 8.29. The van der Waals surface area contributed by atoms with E-state index < -0.39 is 0 Å². The molecule has 1 N–H and O–H groups in total. The highest BCUT2D eigenvalue weighted by Gasteiger charge is 2.01. The second-order valence-corrected chi connectivity index (χ2v) is 4.92. The summed E-state index contributed by atoms with van der Waals surface area (Å²) in [6.07, 6.45) is 1.81. The zero-order chi connectivity index (χ0) is 12.1. The van der Waals surface area contributed by atoms with Crippen LogP contribution in [0.15, 0.2) is 30.5 Å². The van der Waals surface area contributed by atoms with Crippen LogP contribution in [0.2, 0.25) is 0 Å². The van der Waals surface area contributed by atoms with E-state index in [1.807, 2.05) is 24.4 Å². The number of nitriles is 1. The number of aromatic nitrogens is 1. The lowest BCUT2D eigenvalue weighted by atomic mass is 10.2. The van der Waals surface area contributed by atoms with Crippen LogP contribution in [0.1, 0.15) is 21.0 Å². The Hall–Kier alpha value is -1.70. The normalized spacial score (nSPS) is 10.1. The van der Waals surface area contributed by atoms with Crippen molar-refractivity contribution < 1.29 is 0 Å². The number of aryl methyl sites for hydroxylation is 1. The summed E-state index contributed by atoms with van der Waals surface area (Å²) in [5.41, 5.74) is 2.27. The molecule has 17 heavy (non-hydrogen) atoms. The maximum absolute atomic E-state index is 8.72. The molecule has 0 aliphatic heterocycles. The Kier molecular flexibility index (Phi) is 3.86. The van der Waals surface area contributed by atoms with Crippen molar-refractivity contribution in [2.45, 2.75) is 20.0 Å². The van der Waals surface area contributed by atoms with Crippen molar-refractivity contribution in [2.24, 2.45) is 0 Å². The predicted molar refractivity (Wildman–Crippen MR) is 68.6 cm³/mol. The third kappa shape index (κ3) is 3.13. The van der Waals surface area contributed by atoms with E-state index in [2.05, 4.69) is 29.4 Å². The maximum Gasteiger partial charge on any atom is 0.110 e. The Bertz CT molecular complexity index is 540. The molecule has 0 fully saturated rings. The second kappa shape index (κ2) is 5.58. The summed E-state index contributed by atoms with van der Waals surface area (Å²) in [6.45, 7) is 3.60. The summed E-state index contributed by atoms with van der Waals surface area (Å²) >= 11 is 1.53. The van der Waals surface area contributed by atoms with Crippen molar-refractivity contribution in [2.75, 3.05) is 0 Å². The van der Waals surface area contributed by atoms with E-state index in [1.165, 1.54) is 21.8 Å². The topological polar surface area (TPSA) is 48.7 Å². The number of thiophene rings is 1. The van der Waals surface area contributed by atoms with Crippen molar-refractivity contribution >= 4 is 11.3 Å². The summed E-state index contributed by atoms with van der Waals surface area (Å²) in [6, 6.07) is 9.99. The van der Waals surface area contributed by atoms with Gasteiger partial charge in [0, 0.05) is 24.2 Å². The van der Waals surface area contributed by atoms with Crippen molar-refractivity contribution in [3.05, 3.63) is 51.5 Å². The Morgan fingerprint density at radius 2 is 2.24 bits per heavy atom. The van der Waals surface area contributed by atoms with Crippen LogP contribution in [0.3, 0.4) is 0 Å². The SMILES string of the molecule is Cc1cccnc1CNCc1ccc(C#N)s1. The number of hydrogen-bond donors (Lipinski definition) is 1. The molecule has 2 aromatic rings. The van der Waals surface area contributed by atoms with Gasteiger partial charge in [0.15, 0.2) is 0 Å². The standard InChI is InChI=1S/C13H13N3S/c1-10-3-2-6-16-13(10)9-15-8-12-5-4-11(7-14)17-12/h2-6,15H,8-9H2,1H3. The van der Waals surface area contributed by atoms with Gasteiger partial charge in [-0.25, -0.2) is 0 Å². The molecule has 0 amide bonds. The largest absolute Gasteiger partial charge is 0.306 e. The first-order valence-corrected chi connectivity index (χ1v) is 6.21. The van der Waals surface area contributed by atoms with Gasteiger partial charge in [-0.2, -0.15) is 5.26 Å². The monoisotopic (exact) mass is 243 g/mol.